The lowest BCUT2D eigenvalue weighted by Crippen LogP contribution is -2.56. The molecule has 4 atom stereocenters. The van der Waals surface area contributed by atoms with Gasteiger partial charge in [-0.25, -0.2) is 0 Å². The van der Waals surface area contributed by atoms with E-state index in [4.69, 9.17) is 18.9 Å². The summed E-state index contributed by atoms with van der Waals surface area (Å²) in [5.41, 5.74) is -2.97. The Morgan fingerprint density at radius 2 is 1.45 bits per heavy atom. The lowest BCUT2D eigenvalue weighted by molar-refractivity contribution is -0.182. The fraction of sp³-hybridized carbons (Fsp3) is 0.640. The number of hydrogen-bond donors (Lipinski definition) is 1. The highest BCUT2D eigenvalue weighted by atomic mass is 16.6. The second kappa shape index (κ2) is 9.33. The van der Waals surface area contributed by atoms with Gasteiger partial charge in [0.05, 0.1) is 25.7 Å². The van der Waals surface area contributed by atoms with Gasteiger partial charge in [-0.15, -0.1) is 0 Å². The van der Waals surface area contributed by atoms with E-state index in [9.17, 15) is 19.5 Å². The number of ether oxygens (including phenoxy) is 4. The van der Waals surface area contributed by atoms with Crippen molar-refractivity contribution in [1.82, 2.24) is 0 Å². The number of carbonyl (C=O) groups is 3. The van der Waals surface area contributed by atoms with Gasteiger partial charge in [0.2, 0.25) is 0 Å². The number of benzene rings is 1. The molecule has 0 radical (unpaired) electrons. The maximum absolute atomic E-state index is 13.3. The highest BCUT2D eigenvalue weighted by Gasteiger charge is 2.58. The van der Waals surface area contributed by atoms with Crippen LogP contribution in [0.3, 0.4) is 0 Å². The molecule has 0 heterocycles. The molecule has 184 valence electrons. The molecule has 33 heavy (non-hydrogen) atoms. The molecule has 0 bridgehead atoms. The Balaban J connectivity index is 2.72. The summed E-state index contributed by atoms with van der Waals surface area (Å²) in [4.78, 5) is 39.7. The highest BCUT2D eigenvalue weighted by molar-refractivity contribution is 6.03. The molecule has 0 saturated heterocycles. The molecule has 2 rings (SSSR count). The van der Waals surface area contributed by atoms with Gasteiger partial charge in [-0.2, -0.15) is 0 Å². The third kappa shape index (κ3) is 6.25. The van der Waals surface area contributed by atoms with Crippen LogP contribution in [0.2, 0.25) is 0 Å². The van der Waals surface area contributed by atoms with Crippen molar-refractivity contribution in [2.75, 3.05) is 14.2 Å². The molecule has 0 aliphatic heterocycles. The van der Waals surface area contributed by atoms with Gasteiger partial charge in [0.1, 0.15) is 17.1 Å². The Kier molecular flexibility index (Phi) is 7.53. The van der Waals surface area contributed by atoms with Crippen LogP contribution in [-0.2, 0) is 23.9 Å². The summed E-state index contributed by atoms with van der Waals surface area (Å²) in [6.07, 6.45) is -0.384. The number of methoxy groups -OCH3 is 2. The maximum atomic E-state index is 13.3. The molecule has 1 aliphatic carbocycles. The molecule has 1 aromatic rings. The van der Waals surface area contributed by atoms with Gasteiger partial charge in [-0.3, -0.25) is 14.4 Å². The summed E-state index contributed by atoms with van der Waals surface area (Å²) in [5, 5.41) is 11.2. The van der Waals surface area contributed by atoms with Crippen LogP contribution in [0.4, 0.5) is 0 Å². The van der Waals surface area contributed by atoms with E-state index in [-0.39, 0.29) is 6.42 Å². The molecule has 0 unspecified atom stereocenters. The number of hydrogen-bond acceptors (Lipinski definition) is 8. The minimum absolute atomic E-state index is 0.360. The summed E-state index contributed by atoms with van der Waals surface area (Å²) in [6, 6.07) is 4.88. The Bertz CT molecular complexity index is 904. The molecule has 8 heteroatoms. The van der Waals surface area contributed by atoms with E-state index in [1.807, 2.05) is 0 Å². The zero-order valence-electron chi connectivity index (χ0n) is 21.0. The number of ketones is 1. The molecular formula is C25H36O8. The second-order valence-corrected chi connectivity index (χ2v) is 10.7. The Morgan fingerprint density at radius 1 is 0.939 bits per heavy atom. The van der Waals surface area contributed by atoms with Crippen LogP contribution < -0.4 is 9.47 Å². The monoisotopic (exact) mass is 464 g/mol. The van der Waals surface area contributed by atoms with Crippen LogP contribution in [-0.4, -0.2) is 53.9 Å². The molecule has 1 N–H and O–H groups in total. The Hall–Kier alpha value is -2.61. The number of rotatable bonds is 5. The predicted octanol–water partition coefficient (Wildman–Crippen LogP) is 3.43. The zero-order valence-corrected chi connectivity index (χ0v) is 21.0. The molecule has 1 aromatic carbocycles. The molecule has 8 nitrogen and oxygen atoms in total. The number of Topliss-reactive ketones (excluding diaryl/α,β-unsaturated/α-hetero) is 1. The van der Waals surface area contributed by atoms with Gasteiger partial charge in [0, 0.05) is 12.3 Å². The van der Waals surface area contributed by atoms with E-state index in [1.54, 1.807) is 59.7 Å². The van der Waals surface area contributed by atoms with Crippen molar-refractivity contribution in [1.29, 1.82) is 0 Å². The van der Waals surface area contributed by atoms with Crippen LogP contribution in [0, 0.1) is 11.8 Å². The second-order valence-electron chi connectivity index (χ2n) is 10.7. The molecule has 0 aromatic heterocycles. The first-order chi connectivity index (χ1) is 15.0. The smallest absolute Gasteiger partial charge is 0.317 e. The number of esters is 2. The van der Waals surface area contributed by atoms with Crippen molar-refractivity contribution < 1.29 is 38.4 Å². The lowest BCUT2D eigenvalue weighted by atomic mass is 9.61. The Labute approximate surface area is 195 Å². The lowest BCUT2D eigenvalue weighted by Gasteiger charge is -2.44. The molecular weight excluding hydrogens is 428 g/mol. The van der Waals surface area contributed by atoms with Gasteiger partial charge in [-0.05, 0) is 66.2 Å². The largest absolute Gasteiger partial charge is 0.493 e. The topological polar surface area (TPSA) is 108 Å². The molecule has 0 amide bonds. The van der Waals surface area contributed by atoms with Gasteiger partial charge >= 0.3 is 11.9 Å². The van der Waals surface area contributed by atoms with E-state index in [0.29, 0.717) is 17.1 Å². The number of aliphatic hydroxyl groups is 1. The van der Waals surface area contributed by atoms with Gasteiger partial charge in [0.25, 0.3) is 0 Å². The normalized spacial score (nSPS) is 25.9. The average molecular weight is 465 g/mol. The summed E-state index contributed by atoms with van der Waals surface area (Å²) in [7, 11) is 2.94. The van der Waals surface area contributed by atoms with Crippen LogP contribution in [0.1, 0.15) is 66.4 Å². The standard InChI is InChI=1S/C25H36O8/c1-23(2,3)32-21(27)19-15(26)13-25(7,29)20(22(28)33-24(4,5)6)18(19)14-10-11-16(30-8)17(12-14)31-9/h10-12,18-20,29H,13H2,1-9H3/t18-,19-,20+,25-/m0/s1. The summed E-state index contributed by atoms with van der Waals surface area (Å²) >= 11 is 0. The highest BCUT2D eigenvalue weighted by Crippen LogP contribution is 2.48. The van der Waals surface area contributed by atoms with Crippen LogP contribution in [0.5, 0.6) is 11.5 Å². The SMILES string of the molecule is COc1ccc([C@H]2[C@@H](C(=O)OC(C)(C)C)C(=O)C[C@](C)(O)[C@H]2C(=O)OC(C)(C)C)cc1OC. The van der Waals surface area contributed by atoms with Gasteiger partial charge in [-0.1, -0.05) is 6.07 Å². The summed E-state index contributed by atoms with van der Waals surface area (Å²) < 4.78 is 21.9. The molecule has 0 spiro atoms. The average Bonchev–Trinajstić information content (AvgIpc) is 2.62. The van der Waals surface area contributed by atoms with Gasteiger partial charge in [0.15, 0.2) is 17.3 Å². The van der Waals surface area contributed by atoms with E-state index in [0.717, 1.165) is 0 Å². The van der Waals surface area contributed by atoms with Crippen molar-refractivity contribution in [3.63, 3.8) is 0 Å². The van der Waals surface area contributed by atoms with Crippen molar-refractivity contribution in [3.05, 3.63) is 23.8 Å². The third-order valence-corrected chi connectivity index (χ3v) is 5.38. The van der Waals surface area contributed by atoms with Gasteiger partial charge < -0.3 is 24.1 Å². The fourth-order valence-corrected chi connectivity index (χ4v) is 4.21. The van der Waals surface area contributed by atoms with E-state index in [1.165, 1.54) is 21.1 Å². The maximum Gasteiger partial charge on any atom is 0.317 e. The van der Waals surface area contributed by atoms with Crippen molar-refractivity contribution in [2.45, 2.75) is 77.6 Å². The molecule has 1 saturated carbocycles. The fourth-order valence-electron chi connectivity index (χ4n) is 4.21. The molecule has 1 aliphatic rings. The van der Waals surface area contributed by atoms with Crippen molar-refractivity contribution in [3.8, 4) is 11.5 Å². The first-order valence-corrected chi connectivity index (χ1v) is 10.9. The summed E-state index contributed by atoms with van der Waals surface area (Å²) in [5.74, 6) is -4.70. The van der Waals surface area contributed by atoms with Crippen molar-refractivity contribution in [2.24, 2.45) is 11.8 Å². The quantitative estimate of drug-likeness (QED) is 0.522. The first kappa shape index (κ1) is 26.6. The van der Waals surface area contributed by atoms with E-state index in [2.05, 4.69) is 0 Å². The third-order valence-electron chi connectivity index (χ3n) is 5.38. The van der Waals surface area contributed by atoms with Crippen LogP contribution >= 0.6 is 0 Å². The van der Waals surface area contributed by atoms with E-state index < -0.39 is 52.3 Å². The first-order valence-electron chi connectivity index (χ1n) is 10.9. The predicted molar refractivity (Wildman–Crippen MR) is 121 cm³/mol. The minimum atomic E-state index is -1.74. The van der Waals surface area contributed by atoms with Crippen LogP contribution in [0.15, 0.2) is 18.2 Å². The number of carbonyl (C=O) groups excluding carboxylic acids is 3. The van der Waals surface area contributed by atoms with Crippen LogP contribution in [0.25, 0.3) is 0 Å². The molecule has 1 fully saturated rings. The summed E-state index contributed by atoms with van der Waals surface area (Å²) in [6.45, 7) is 11.7. The van der Waals surface area contributed by atoms with Crippen molar-refractivity contribution >= 4 is 17.7 Å². The van der Waals surface area contributed by atoms with E-state index >= 15 is 0 Å². The minimum Gasteiger partial charge on any atom is -0.493 e. The Morgan fingerprint density at radius 3 is 1.94 bits per heavy atom. The zero-order chi connectivity index (χ0) is 25.4.